The maximum absolute atomic E-state index is 12.3. The van der Waals surface area contributed by atoms with Crippen molar-refractivity contribution >= 4 is 38.9 Å². The van der Waals surface area contributed by atoms with Gasteiger partial charge in [0.15, 0.2) is 9.84 Å². The van der Waals surface area contributed by atoms with Gasteiger partial charge in [0, 0.05) is 22.7 Å². The van der Waals surface area contributed by atoms with Gasteiger partial charge in [0.05, 0.1) is 20.8 Å². The molecule has 0 spiro atoms. The van der Waals surface area contributed by atoms with Crippen molar-refractivity contribution in [1.82, 2.24) is 0 Å². The smallest absolute Gasteiger partial charge is 0.269 e. The second kappa shape index (κ2) is 8.33. The molecule has 0 saturated carbocycles. The third-order valence-corrected chi connectivity index (χ3v) is 6.45. The fourth-order valence-corrected chi connectivity index (χ4v) is 3.81. The Hall–Kier alpha value is -2.39. The molecule has 0 fully saturated rings. The number of carbonyl (C=O) groups is 1. The van der Waals surface area contributed by atoms with E-state index in [0.717, 1.165) is 4.90 Å². The van der Waals surface area contributed by atoms with E-state index in [4.69, 9.17) is 0 Å². The van der Waals surface area contributed by atoms with Gasteiger partial charge in [-0.3, -0.25) is 14.9 Å². The van der Waals surface area contributed by atoms with Crippen molar-refractivity contribution in [2.45, 2.75) is 28.9 Å². The maximum atomic E-state index is 12.3. The van der Waals surface area contributed by atoms with Crippen molar-refractivity contribution in [1.29, 1.82) is 0 Å². The number of nitro groups is 1. The van der Waals surface area contributed by atoms with Gasteiger partial charge in [-0.2, -0.15) is 0 Å². The van der Waals surface area contributed by atoms with Gasteiger partial charge in [-0.1, -0.05) is 6.92 Å². The van der Waals surface area contributed by atoms with Crippen LogP contribution in [0.15, 0.2) is 58.3 Å². The zero-order valence-electron chi connectivity index (χ0n) is 14.2. The number of amides is 1. The highest BCUT2D eigenvalue weighted by Gasteiger charge is 2.16. The minimum absolute atomic E-state index is 0.00595. The largest absolute Gasteiger partial charge is 0.325 e. The van der Waals surface area contributed by atoms with Crippen LogP contribution in [0.4, 0.5) is 11.4 Å². The highest BCUT2D eigenvalue weighted by atomic mass is 32.2. The lowest BCUT2D eigenvalue weighted by Gasteiger charge is -2.12. The van der Waals surface area contributed by atoms with Gasteiger partial charge in [0.2, 0.25) is 5.91 Å². The molecule has 9 heteroatoms. The lowest BCUT2D eigenvalue weighted by Crippen LogP contribution is -2.22. The molecule has 0 bridgehead atoms. The zero-order valence-corrected chi connectivity index (χ0v) is 15.8. The van der Waals surface area contributed by atoms with Crippen LogP contribution < -0.4 is 5.32 Å². The Morgan fingerprint density at radius 1 is 1.15 bits per heavy atom. The van der Waals surface area contributed by atoms with E-state index in [9.17, 15) is 23.3 Å². The molecule has 2 rings (SSSR count). The molecular formula is C17H18N2O5S2. The van der Waals surface area contributed by atoms with Gasteiger partial charge in [-0.25, -0.2) is 8.42 Å². The first-order valence-electron chi connectivity index (χ1n) is 7.77. The van der Waals surface area contributed by atoms with Crippen LogP contribution in [0.5, 0.6) is 0 Å². The molecule has 0 aliphatic heterocycles. The number of rotatable bonds is 7. The van der Waals surface area contributed by atoms with Crippen molar-refractivity contribution < 1.29 is 18.1 Å². The van der Waals surface area contributed by atoms with E-state index < -0.39 is 20.0 Å². The minimum Gasteiger partial charge on any atom is -0.325 e. The Bertz CT molecular complexity index is 894. The van der Waals surface area contributed by atoms with Crippen molar-refractivity contribution in [3.8, 4) is 0 Å². The third kappa shape index (κ3) is 5.06. The minimum atomic E-state index is -3.27. The molecule has 0 saturated heterocycles. The van der Waals surface area contributed by atoms with Crippen molar-refractivity contribution in [3.05, 3.63) is 58.6 Å². The van der Waals surface area contributed by atoms with Crippen LogP contribution in [0, 0.1) is 10.1 Å². The number of nitro benzene ring substituents is 1. The summed E-state index contributed by atoms with van der Waals surface area (Å²) in [5, 5.41) is 12.9. The molecule has 1 N–H and O–H groups in total. The number of non-ortho nitro benzene ring substituents is 1. The molecule has 0 aliphatic carbocycles. The Labute approximate surface area is 155 Å². The second-order valence-electron chi connectivity index (χ2n) is 5.43. The highest BCUT2D eigenvalue weighted by Crippen LogP contribution is 2.26. The third-order valence-electron chi connectivity index (χ3n) is 3.59. The number of nitrogens with one attached hydrogen (secondary N) is 1. The summed E-state index contributed by atoms with van der Waals surface area (Å²) < 4.78 is 23.6. The summed E-state index contributed by atoms with van der Waals surface area (Å²) in [6, 6.07) is 12.0. The zero-order chi connectivity index (χ0) is 19.3. The fraction of sp³-hybridized carbons (Fsp3) is 0.235. The fourth-order valence-electron chi connectivity index (χ4n) is 2.06. The SMILES string of the molecule is CCS(=O)(=O)c1ccc(NC(=O)C(C)Sc2ccc([N+](=O)[O-])cc2)cc1. The van der Waals surface area contributed by atoms with Crippen molar-refractivity contribution in [3.63, 3.8) is 0 Å². The molecule has 2 aromatic rings. The second-order valence-corrected chi connectivity index (χ2v) is 9.12. The summed E-state index contributed by atoms with van der Waals surface area (Å²) in [4.78, 5) is 23.4. The first kappa shape index (κ1) is 19.9. The van der Waals surface area contributed by atoms with Gasteiger partial charge in [0.1, 0.15) is 0 Å². The van der Waals surface area contributed by atoms with Crippen molar-refractivity contribution in [2.24, 2.45) is 0 Å². The number of benzene rings is 2. The predicted molar refractivity (Wildman–Crippen MR) is 101 cm³/mol. The van der Waals surface area contributed by atoms with E-state index in [1.165, 1.54) is 36.0 Å². The number of thioether (sulfide) groups is 1. The van der Waals surface area contributed by atoms with Gasteiger partial charge in [-0.05, 0) is 43.3 Å². The van der Waals surface area contributed by atoms with Gasteiger partial charge >= 0.3 is 0 Å². The summed E-state index contributed by atoms with van der Waals surface area (Å²) >= 11 is 1.27. The number of hydrogen-bond acceptors (Lipinski definition) is 6. The molecule has 26 heavy (non-hydrogen) atoms. The van der Waals surface area contributed by atoms with Crippen LogP contribution in [-0.4, -0.2) is 30.3 Å². The summed E-state index contributed by atoms with van der Waals surface area (Å²) in [6.45, 7) is 3.29. The normalized spacial score (nSPS) is 12.4. The summed E-state index contributed by atoms with van der Waals surface area (Å²) in [6.07, 6.45) is 0. The molecule has 0 aromatic heterocycles. The molecule has 2 aromatic carbocycles. The van der Waals surface area contributed by atoms with Crippen LogP contribution >= 0.6 is 11.8 Å². The average Bonchev–Trinajstić information content (AvgIpc) is 2.62. The van der Waals surface area contributed by atoms with Crippen LogP contribution in [0.25, 0.3) is 0 Å². The van der Waals surface area contributed by atoms with Gasteiger partial charge < -0.3 is 5.32 Å². The number of carbonyl (C=O) groups excluding carboxylic acids is 1. The molecule has 138 valence electrons. The van der Waals surface area contributed by atoms with Crippen molar-refractivity contribution in [2.75, 3.05) is 11.1 Å². The number of nitrogens with zero attached hydrogens (tertiary/aromatic N) is 1. The Morgan fingerprint density at radius 2 is 1.73 bits per heavy atom. The van der Waals surface area contributed by atoms with Crippen LogP contribution in [-0.2, 0) is 14.6 Å². The lowest BCUT2D eigenvalue weighted by atomic mass is 10.3. The van der Waals surface area contributed by atoms with Gasteiger partial charge in [-0.15, -0.1) is 11.8 Å². The Balaban J connectivity index is 1.99. The standard InChI is InChI=1S/C17H18N2O5S2/c1-3-26(23,24)16-10-4-13(5-11-16)18-17(20)12(2)25-15-8-6-14(7-9-15)19(21)22/h4-12H,3H2,1-2H3,(H,18,20). The Morgan fingerprint density at radius 3 is 2.23 bits per heavy atom. The molecule has 1 amide bonds. The first-order chi connectivity index (χ1) is 12.2. The van der Waals surface area contributed by atoms with E-state index in [1.54, 1.807) is 38.1 Å². The number of anilines is 1. The monoisotopic (exact) mass is 394 g/mol. The molecule has 0 aliphatic rings. The van der Waals surface area contributed by atoms with Gasteiger partial charge in [0.25, 0.3) is 5.69 Å². The summed E-state index contributed by atoms with van der Waals surface area (Å²) in [5.74, 6) is -0.235. The van der Waals surface area contributed by atoms with Crippen LogP contribution in [0.1, 0.15) is 13.8 Å². The van der Waals surface area contributed by atoms with E-state index in [0.29, 0.717) is 5.69 Å². The number of hydrogen-bond donors (Lipinski definition) is 1. The maximum Gasteiger partial charge on any atom is 0.269 e. The molecule has 0 radical (unpaired) electrons. The highest BCUT2D eigenvalue weighted by molar-refractivity contribution is 8.00. The van der Waals surface area contributed by atoms with Crippen LogP contribution in [0.2, 0.25) is 0 Å². The topological polar surface area (TPSA) is 106 Å². The van der Waals surface area contributed by atoms with Crippen LogP contribution in [0.3, 0.4) is 0 Å². The molecule has 7 nitrogen and oxygen atoms in total. The number of sulfone groups is 1. The quantitative estimate of drug-likeness (QED) is 0.437. The van der Waals surface area contributed by atoms with E-state index in [1.807, 2.05) is 0 Å². The van der Waals surface area contributed by atoms with E-state index in [2.05, 4.69) is 5.32 Å². The first-order valence-corrected chi connectivity index (χ1v) is 10.3. The Kier molecular flexibility index (Phi) is 6.38. The average molecular weight is 394 g/mol. The lowest BCUT2D eigenvalue weighted by molar-refractivity contribution is -0.384. The summed E-state index contributed by atoms with van der Waals surface area (Å²) in [5.41, 5.74) is 0.495. The summed E-state index contributed by atoms with van der Waals surface area (Å²) in [7, 11) is -3.27. The van der Waals surface area contributed by atoms with E-state index in [-0.39, 0.29) is 22.2 Å². The molecule has 0 heterocycles. The molecular weight excluding hydrogens is 376 g/mol. The molecule has 1 atom stereocenters. The predicted octanol–water partition coefficient (Wildman–Crippen LogP) is 3.51. The van der Waals surface area contributed by atoms with E-state index >= 15 is 0 Å². The molecule has 1 unspecified atom stereocenters.